The monoisotopic (exact) mass is 359 g/mol. The maximum absolute atomic E-state index is 6.13. The zero-order valence-electron chi connectivity index (χ0n) is 13.8. The van der Waals surface area contributed by atoms with E-state index in [1.165, 1.54) is 31.2 Å². The van der Waals surface area contributed by atoms with E-state index in [-0.39, 0.29) is 0 Å². The molecule has 1 saturated carbocycles. The molecule has 2 aromatic rings. The van der Waals surface area contributed by atoms with Crippen molar-refractivity contribution in [3.63, 3.8) is 0 Å². The highest BCUT2D eigenvalue weighted by Gasteiger charge is 2.25. The van der Waals surface area contributed by atoms with Gasteiger partial charge in [-0.05, 0) is 61.3 Å². The van der Waals surface area contributed by atoms with Crippen LogP contribution in [0.15, 0.2) is 42.7 Å². The lowest BCUT2D eigenvalue weighted by atomic mass is 10.1. The summed E-state index contributed by atoms with van der Waals surface area (Å²) in [6.45, 7) is 2.84. The van der Waals surface area contributed by atoms with Crippen molar-refractivity contribution < 1.29 is 0 Å². The van der Waals surface area contributed by atoms with Crippen LogP contribution in [-0.2, 0) is 6.54 Å². The van der Waals surface area contributed by atoms with Crippen LogP contribution in [0.1, 0.15) is 36.8 Å². The molecule has 1 N–H and O–H groups in total. The summed E-state index contributed by atoms with van der Waals surface area (Å²) < 4.78 is 0. The van der Waals surface area contributed by atoms with Crippen molar-refractivity contribution in [3.8, 4) is 0 Å². The minimum Gasteiger partial charge on any atom is -0.342 e. The van der Waals surface area contributed by atoms with Crippen molar-refractivity contribution in [1.29, 1.82) is 0 Å². The van der Waals surface area contributed by atoms with Gasteiger partial charge in [-0.2, -0.15) is 0 Å². The molecule has 5 heteroatoms. The molecule has 0 amide bonds. The molecule has 1 aliphatic rings. The van der Waals surface area contributed by atoms with Gasteiger partial charge in [0.25, 0.3) is 0 Å². The number of benzene rings is 1. The number of hydrogen-bond acceptors (Lipinski definition) is 2. The number of aromatic nitrogens is 1. The van der Waals surface area contributed by atoms with Gasteiger partial charge in [0, 0.05) is 35.7 Å². The number of hydrogen-bond donors (Lipinski definition) is 1. The van der Waals surface area contributed by atoms with Crippen LogP contribution in [0.5, 0.6) is 0 Å². The van der Waals surface area contributed by atoms with Crippen LogP contribution in [0, 0.1) is 6.92 Å². The number of nitrogens with one attached hydrogen (secondary N) is 1. The summed E-state index contributed by atoms with van der Waals surface area (Å²) in [4.78, 5) is 6.53. The zero-order chi connectivity index (χ0) is 16.9. The van der Waals surface area contributed by atoms with Gasteiger partial charge in [-0.1, -0.05) is 36.6 Å². The number of halogens is 1. The highest BCUT2D eigenvalue weighted by molar-refractivity contribution is 7.80. The zero-order valence-corrected chi connectivity index (χ0v) is 15.4. The molecule has 126 valence electrons. The van der Waals surface area contributed by atoms with E-state index in [2.05, 4.69) is 28.2 Å². The average Bonchev–Trinajstić information content (AvgIpc) is 3.11. The lowest BCUT2D eigenvalue weighted by Gasteiger charge is -2.32. The molecule has 3 nitrogen and oxygen atoms in total. The molecular formula is C19H22ClN3S. The second kappa shape index (κ2) is 7.95. The number of pyridine rings is 1. The molecule has 1 aliphatic carbocycles. The molecule has 1 heterocycles. The maximum atomic E-state index is 6.13. The van der Waals surface area contributed by atoms with Gasteiger partial charge in [0.1, 0.15) is 0 Å². The second-order valence-corrected chi connectivity index (χ2v) is 7.14. The molecule has 1 fully saturated rings. The summed E-state index contributed by atoms with van der Waals surface area (Å²) in [6.07, 6.45) is 8.64. The molecular weight excluding hydrogens is 338 g/mol. The van der Waals surface area contributed by atoms with Gasteiger partial charge < -0.3 is 10.2 Å². The fourth-order valence-electron chi connectivity index (χ4n) is 3.19. The largest absolute Gasteiger partial charge is 0.342 e. The fourth-order valence-corrected chi connectivity index (χ4v) is 3.68. The van der Waals surface area contributed by atoms with Gasteiger partial charge in [-0.25, -0.2) is 0 Å². The van der Waals surface area contributed by atoms with Crippen molar-refractivity contribution >= 4 is 34.6 Å². The Hall–Kier alpha value is -1.65. The molecule has 24 heavy (non-hydrogen) atoms. The Bertz CT molecular complexity index is 699. The van der Waals surface area contributed by atoms with E-state index in [4.69, 9.17) is 23.8 Å². The smallest absolute Gasteiger partial charge is 0.173 e. The number of nitrogens with zero attached hydrogens (tertiary/aromatic N) is 2. The molecule has 0 unspecified atom stereocenters. The van der Waals surface area contributed by atoms with Crippen molar-refractivity contribution in [2.24, 2.45) is 0 Å². The van der Waals surface area contributed by atoms with Crippen LogP contribution < -0.4 is 5.32 Å². The molecule has 0 bridgehead atoms. The normalized spacial score (nSPS) is 14.6. The number of thiocarbonyl (C=S) groups is 1. The average molecular weight is 360 g/mol. The van der Waals surface area contributed by atoms with Crippen LogP contribution in [0.2, 0.25) is 5.02 Å². The third-order valence-corrected chi connectivity index (χ3v) is 5.11. The lowest BCUT2D eigenvalue weighted by molar-refractivity contribution is 0.312. The van der Waals surface area contributed by atoms with Gasteiger partial charge in [0.05, 0.1) is 0 Å². The third-order valence-electron chi connectivity index (χ3n) is 4.54. The highest BCUT2D eigenvalue weighted by atomic mass is 35.5. The number of aryl methyl sites for hydroxylation is 1. The fraction of sp³-hybridized carbons (Fsp3) is 0.368. The van der Waals surface area contributed by atoms with Crippen LogP contribution in [-0.4, -0.2) is 21.0 Å². The molecule has 0 saturated heterocycles. The van der Waals surface area contributed by atoms with E-state index in [1.54, 1.807) is 6.20 Å². The number of rotatable bonds is 4. The molecule has 0 aliphatic heterocycles. The Morgan fingerprint density at radius 3 is 2.83 bits per heavy atom. The Balaban J connectivity index is 1.79. The Kier molecular flexibility index (Phi) is 5.69. The van der Waals surface area contributed by atoms with E-state index >= 15 is 0 Å². The van der Waals surface area contributed by atoms with Gasteiger partial charge in [-0.3, -0.25) is 4.98 Å². The second-order valence-electron chi connectivity index (χ2n) is 6.32. The summed E-state index contributed by atoms with van der Waals surface area (Å²) >= 11 is 11.9. The van der Waals surface area contributed by atoms with Crippen molar-refractivity contribution in [2.45, 2.75) is 45.2 Å². The van der Waals surface area contributed by atoms with Gasteiger partial charge in [0.15, 0.2) is 5.11 Å². The predicted octanol–water partition coefficient (Wildman–Crippen LogP) is 5.19. The molecule has 0 spiro atoms. The molecule has 3 rings (SSSR count). The standard InChI is InChI=1S/C19H22ClN3S/c1-14-8-9-16(20)11-18(14)22-19(24)23(17-6-2-3-7-17)13-15-5-4-10-21-12-15/h4-5,8-12,17H,2-3,6-7,13H2,1H3,(H,22,24). The number of anilines is 1. The summed E-state index contributed by atoms with van der Waals surface area (Å²) in [5.74, 6) is 0. The van der Waals surface area contributed by atoms with E-state index in [0.717, 1.165) is 22.9 Å². The van der Waals surface area contributed by atoms with Crippen LogP contribution >= 0.6 is 23.8 Å². The molecule has 1 aromatic heterocycles. The van der Waals surface area contributed by atoms with Gasteiger partial charge in [0.2, 0.25) is 0 Å². The van der Waals surface area contributed by atoms with Gasteiger partial charge in [-0.15, -0.1) is 0 Å². The first-order valence-corrected chi connectivity index (χ1v) is 9.15. The predicted molar refractivity (Wildman–Crippen MR) is 104 cm³/mol. The minimum atomic E-state index is 0.490. The van der Waals surface area contributed by atoms with E-state index in [0.29, 0.717) is 11.1 Å². The molecule has 0 radical (unpaired) electrons. The summed E-state index contributed by atoms with van der Waals surface area (Å²) in [7, 11) is 0. The quantitative estimate of drug-likeness (QED) is 0.761. The maximum Gasteiger partial charge on any atom is 0.173 e. The van der Waals surface area contributed by atoms with E-state index in [1.807, 2.05) is 30.5 Å². The van der Waals surface area contributed by atoms with Gasteiger partial charge >= 0.3 is 0 Å². The van der Waals surface area contributed by atoms with E-state index < -0.39 is 0 Å². The minimum absolute atomic E-state index is 0.490. The SMILES string of the molecule is Cc1ccc(Cl)cc1NC(=S)N(Cc1cccnc1)C1CCCC1. The first-order valence-electron chi connectivity index (χ1n) is 8.36. The summed E-state index contributed by atoms with van der Waals surface area (Å²) in [6, 6.07) is 10.4. The third kappa shape index (κ3) is 4.25. The first-order chi connectivity index (χ1) is 11.6. The molecule has 1 aromatic carbocycles. The summed E-state index contributed by atoms with van der Waals surface area (Å²) in [5.41, 5.74) is 3.28. The summed E-state index contributed by atoms with van der Waals surface area (Å²) in [5, 5.41) is 4.87. The Morgan fingerprint density at radius 1 is 1.33 bits per heavy atom. The highest BCUT2D eigenvalue weighted by Crippen LogP contribution is 2.27. The first kappa shape index (κ1) is 17.2. The van der Waals surface area contributed by atoms with Crippen molar-refractivity contribution in [3.05, 3.63) is 58.9 Å². The lowest BCUT2D eigenvalue weighted by Crippen LogP contribution is -2.41. The topological polar surface area (TPSA) is 28.2 Å². The Morgan fingerprint density at radius 2 is 2.12 bits per heavy atom. The van der Waals surface area contributed by atoms with Crippen molar-refractivity contribution in [2.75, 3.05) is 5.32 Å². The Labute approximate surface area is 154 Å². The van der Waals surface area contributed by atoms with Crippen molar-refractivity contribution in [1.82, 2.24) is 9.88 Å². The van der Waals surface area contributed by atoms with Crippen LogP contribution in [0.25, 0.3) is 0 Å². The van der Waals surface area contributed by atoms with Crippen LogP contribution in [0.3, 0.4) is 0 Å². The van der Waals surface area contributed by atoms with Crippen LogP contribution in [0.4, 0.5) is 5.69 Å². The molecule has 0 atom stereocenters. The van der Waals surface area contributed by atoms with E-state index in [9.17, 15) is 0 Å².